The number of anilines is 1. The molecule has 0 bridgehead atoms. The van der Waals surface area contributed by atoms with E-state index in [1.54, 1.807) is 0 Å². The van der Waals surface area contributed by atoms with Crippen molar-refractivity contribution >= 4 is 41.5 Å². The molecular formula is C26H37IN6O. The lowest BCUT2D eigenvalue weighted by molar-refractivity contribution is -0.120. The van der Waals surface area contributed by atoms with Gasteiger partial charge in [-0.2, -0.15) is 0 Å². The number of amides is 1. The Morgan fingerprint density at radius 3 is 2.59 bits per heavy atom. The summed E-state index contributed by atoms with van der Waals surface area (Å²) in [7, 11) is 0. The Morgan fingerprint density at radius 2 is 1.85 bits per heavy atom. The molecule has 2 aromatic rings. The molecule has 0 aromatic heterocycles. The number of carbonyl (C=O) groups excluding carboxylic acids is 1. The van der Waals surface area contributed by atoms with Crippen LogP contribution in [-0.4, -0.2) is 62.1 Å². The van der Waals surface area contributed by atoms with Gasteiger partial charge in [-0.3, -0.25) is 9.69 Å². The van der Waals surface area contributed by atoms with E-state index in [0.717, 1.165) is 49.9 Å². The molecule has 0 spiro atoms. The number of hydrogen-bond acceptors (Lipinski definition) is 4. The van der Waals surface area contributed by atoms with Crippen molar-refractivity contribution in [3.8, 4) is 0 Å². The second-order valence-electron chi connectivity index (χ2n) is 8.77. The summed E-state index contributed by atoms with van der Waals surface area (Å²) in [6.45, 7) is 8.58. The molecule has 34 heavy (non-hydrogen) atoms. The summed E-state index contributed by atoms with van der Waals surface area (Å²) in [6.07, 6.45) is 2.47. The number of guanidine groups is 1. The largest absolute Gasteiger partial charge is 0.360 e. The van der Waals surface area contributed by atoms with Crippen LogP contribution in [0.3, 0.4) is 0 Å². The molecule has 0 radical (unpaired) electrons. The van der Waals surface area contributed by atoms with Gasteiger partial charge < -0.3 is 20.9 Å². The molecule has 2 fully saturated rings. The lowest BCUT2D eigenvalue weighted by Gasteiger charge is -2.28. The Balaban J connectivity index is 0.00000324. The Hall–Kier alpha value is -2.33. The molecule has 2 saturated heterocycles. The monoisotopic (exact) mass is 576 g/mol. The number of hydrogen-bond donors (Lipinski definition) is 3. The number of aliphatic imine (C=N–C) groups is 1. The van der Waals surface area contributed by atoms with Crippen molar-refractivity contribution in [3.05, 3.63) is 65.7 Å². The normalized spacial score (nSPS) is 18.9. The molecule has 1 unspecified atom stereocenters. The lowest BCUT2D eigenvalue weighted by Crippen LogP contribution is -2.47. The van der Waals surface area contributed by atoms with Crippen LogP contribution < -0.4 is 20.9 Å². The van der Waals surface area contributed by atoms with Crippen molar-refractivity contribution in [2.24, 2.45) is 4.99 Å². The molecule has 0 saturated carbocycles. The quantitative estimate of drug-likeness (QED) is 0.256. The first kappa shape index (κ1) is 26.3. The van der Waals surface area contributed by atoms with E-state index in [0.29, 0.717) is 25.7 Å². The van der Waals surface area contributed by atoms with E-state index in [2.05, 4.69) is 87.3 Å². The Kier molecular flexibility index (Phi) is 10.5. The standard InChI is InChI=1S/C26H36N6O.HI/c1-2-27-26(30-18-24-9-6-15-31(24)19-22-7-4-3-5-8-22)29-17-21-10-12-23(13-11-21)32-16-14-28-25(33)20-32;/h3-5,7-8,10-13,24H,2,6,9,14-20H2,1H3,(H,28,33)(H2,27,29,30);1H. The number of carbonyl (C=O) groups is 1. The van der Waals surface area contributed by atoms with Gasteiger partial charge in [-0.15, -0.1) is 24.0 Å². The van der Waals surface area contributed by atoms with E-state index in [1.807, 2.05) is 0 Å². The fraction of sp³-hybridized carbons (Fsp3) is 0.462. The van der Waals surface area contributed by atoms with Crippen molar-refractivity contribution in [2.75, 3.05) is 44.2 Å². The summed E-state index contributed by atoms with van der Waals surface area (Å²) >= 11 is 0. The van der Waals surface area contributed by atoms with Gasteiger partial charge in [-0.25, -0.2) is 4.99 Å². The fourth-order valence-corrected chi connectivity index (χ4v) is 4.55. The van der Waals surface area contributed by atoms with Crippen LogP contribution in [0.5, 0.6) is 0 Å². The maximum Gasteiger partial charge on any atom is 0.239 e. The zero-order valence-electron chi connectivity index (χ0n) is 20.0. The Labute approximate surface area is 220 Å². The topological polar surface area (TPSA) is 72.0 Å². The highest BCUT2D eigenvalue weighted by molar-refractivity contribution is 14.0. The number of piperazine rings is 1. The van der Waals surface area contributed by atoms with Crippen molar-refractivity contribution < 1.29 is 4.79 Å². The molecule has 2 aromatic carbocycles. The average molecular weight is 577 g/mol. The minimum Gasteiger partial charge on any atom is -0.360 e. The molecule has 3 N–H and O–H groups in total. The Morgan fingerprint density at radius 1 is 1.06 bits per heavy atom. The second-order valence-corrected chi connectivity index (χ2v) is 8.77. The van der Waals surface area contributed by atoms with Gasteiger partial charge in [0, 0.05) is 44.5 Å². The smallest absolute Gasteiger partial charge is 0.239 e. The highest BCUT2D eigenvalue weighted by Crippen LogP contribution is 2.20. The van der Waals surface area contributed by atoms with E-state index < -0.39 is 0 Å². The third-order valence-electron chi connectivity index (χ3n) is 6.34. The third-order valence-corrected chi connectivity index (χ3v) is 6.34. The average Bonchev–Trinajstić information content (AvgIpc) is 3.28. The van der Waals surface area contributed by atoms with Crippen molar-refractivity contribution in [1.82, 2.24) is 20.9 Å². The van der Waals surface area contributed by atoms with Crippen LogP contribution in [0.1, 0.15) is 30.9 Å². The predicted octanol–water partition coefficient (Wildman–Crippen LogP) is 2.96. The van der Waals surface area contributed by atoms with Gasteiger partial charge in [0.2, 0.25) is 5.91 Å². The molecule has 2 aliphatic rings. The maximum absolute atomic E-state index is 11.6. The van der Waals surface area contributed by atoms with Gasteiger partial charge in [0.05, 0.1) is 13.1 Å². The predicted molar refractivity (Wildman–Crippen MR) is 150 cm³/mol. The van der Waals surface area contributed by atoms with Crippen LogP contribution in [0.2, 0.25) is 0 Å². The van der Waals surface area contributed by atoms with E-state index in [-0.39, 0.29) is 29.9 Å². The first-order chi connectivity index (χ1) is 16.2. The number of likely N-dealkylation sites (tertiary alicyclic amines) is 1. The van der Waals surface area contributed by atoms with E-state index in [1.165, 1.54) is 18.4 Å². The first-order valence-corrected chi connectivity index (χ1v) is 12.1. The van der Waals surface area contributed by atoms with E-state index in [9.17, 15) is 4.79 Å². The molecule has 1 atom stereocenters. The van der Waals surface area contributed by atoms with Gasteiger partial charge in [0.1, 0.15) is 0 Å². The molecule has 2 aliphatic heterocycles. The SMILES string of the molecule is CCNC(=NCc1ccc(N2CCNC(=O)C2)cc1)NCC1CCCN1Cc1ccccc1.I. The van der Waals surface area contributed by atoms with Gasteiger partial charge in [0.25, 0.3) is 0 Å². The Bertz CT molecular complexity index is 921. The van der Waals surface area contributed by atoms with Crippen molar-refractivity contribution in [2.45, 2.75) is 38.9 Å². The molecule has 184 valence electrons. The zero-order valence-corrected chi connectivity index (χ0v) is 22.3. The molecule has 2 heterocycles. The number of nitrogens with zero attached hydrogens (tertiary/aromatic N) is 3. The van der Waals surface area contributed by atoms with Crippen LogP contribution in [0, 0.1) is 0 Å². The summed E-state index contributed by atoms with van der Waals surface area (Å²) in [5.41, 5.74) is 3.62. The molecule has 4 rings (SSSR count). The van der Waals surface area contributed by atoms with Gasteiger partial charge >= 0.3 is 0 Å². The first-order valence-electron chi connectivity index (χ1n) is 12.1. The number of nitrogens with one attached hydrogen (secondary N) is 3. The van der Waals surface area contributed by atoms with E-state index in [4.69, 9.17) is 4.99 Å². The molecular weight excluding hydrogens is 539 g/mol. The lowest BCUT2D eigenvalue weighted by atomic mass is 10.2. The van der Waals surface area contributed by atoms with Crippen LogP contribution in [0.4, 0.5) is 5.69 Å². The molecule has 7 nitrogen and oxygen atoms in total. The van der Waals surface area contributed by atoms with Gasteiger partial charge in [-0.1, -0.05) is 42.5 Å². The number of rotatable bonds is 8. The number of halogens is 1. The van der Waals surface area contributed by atoms with Crippen LogP contribution in [0.25, 0.3) is 0 Å². The minimum atomic E-state index is 0. The summed E-state index contributed by atoms with van der Waals surface area (Å²) in [6, 6.07) is 19.6. The summed E-state index contributed by atoms with van der Waals surface area (Å²) < 4.78 is 0. The molecule has 0 aliphatic carbocycles. The number of benzene rings is 2. The summed E-state index contributed by atoms with van der Waals surface area (Å²) in [5.74, 6) is 0.946. The molecule has 1 amide bonds. The highest BCUT2D eigenvalue weighted by atomic mass is 127. The van der Waals surface area contributed by atoms with Crippen molar-refractivity contribution in [1.29, 1.82) is 0 Å². The van der Waals surface area contributed by atoms with Crippen LogP contribution in [0.15, 0.2) is 59.6 Å². The summed E-state index contributed by atoms with van der Waals surface area (Å²) in [4.78, 5) is 21.1. The van der Waals surface area contributed by atoms with Crippen LogP contribution >= 0.6 is 24.0 Å². The fourth-order valence-electron chi connectivity index (χ4n) is 4.55. The third kappa shape index (κ3) is 7.59. The minimum absolute atomic E-state index is 0. The summed E-state index contributed by atoms with van der Waals surface area (Å²) in [5, 5.41) is 9.81. The van der Waals surface area contributed by atoms with E-state index >= 15 is 0 Å². The zero-order chi connectivity index (χ0) is 22.9. The molecule has 8 heteroatoms. The van der Waals surface area contributed by atoms with Gasteiger partial charge in [0.15, 0.2) is 5.96 Å². The van der Waals surface area contributed by atoms with Crippen LogP contribution in [-0.2, 0) is 17.9 Å². The maximum atomic E-state index is 11.6. The van der Waals surface area contributed by atoms with Crippen molar-refractivity contribution in [3.63, 3.8) is 0 Å². The highest BCUT2D eigenvalue weighted by Gasteiger charge is 2.24. The van der Waals surface area contributed by atoms with Gasteiger partial charge in [-0.05, 0) is 49.6 Å². The second kappa shape index (κ2) is 13.5.